The third-order valence-electron chi connectivity index (χ3n) is 11.8. The van der Waals surface area contributed by atoms with Gasteiger partial charge in [-0.2, -0.15) is 5.26 Å². The van der Waals surface area contributed by atoms with Crippen molar-refractivity contribution in [3.63, 3.8) is 0 Å². The molecule has 0 fully saturated rings. The van der Waals surface area contributed by atoms with Crippen LogP contribution in [0.5, 0.6) is 28.7 Å². The van der Waals surface area contributed by atoms with E-state index >= 15 is 0 Å². The number of nitriles is 1. The number of nitrogens with zero attached hydrogens (tertiary/aromatic N) is 9. The van der Waals surface area contributed by atoms with E-state index in [-0.39, 0.29) is 22.9 Å². The summed E-state index contributed by atoms with van der Waals surface area (Å²) < 4.78 is 36.9. The molecule has 14 nitrogen and oxygen atoms in total. The molecule has 0 N–H and O–H groups in total. The average Bonchev–Trinajstić information content (AvgIpc) is 4.14. The van der Waals surface area contributed by atoms with Crippen molar-refractivity contribution in [2.45, 2.75) is 27.2 Å². The molecule has 16 heteroatoms. The van der Waals surface area contributed by atoms with Crippen molar-refractivity contribution in [2.24, 2.45) is 0 Å². The van der Waals surface area contributed by atoms with Crippen LogP contribution in [0.3, 0.4) is 0 Å². The van der Waals surface area contributed by atoms with Gasteiger partial charge in [0.05, 0.1) is 35.3 Å². The molecule has 8 aromatic rings. The molecule has 0 spiro atoms. The van der Waals surface area contributed by atoms with Gasteiger partial charge in [0.15, 0.2) is 11.6 Å². The number of benzene rings is 4. The normalized spacial score (nSPS) is 13.5. The molecule has 4 aromatic heterocycles. The van der Waals surface area contributed by atoms with Gasteiger partial charge in [-0.05, 0) is 98.2 Å². The first kappa shape index (κ1) is 41.7. The zero-order chi connectivity index (χ0) is 45.1. The molecule has 0 aliphatic carbocycles. The molecule has 0 saturated heterocycles. The lowest BCUT2D eigenvalue weighted by Gasteiger charge is -2.18. The molecule has 66 heavy (non-hydrogen) atoms. The van der Waals surface area contributed by atoms with Crippen molar-refractivity contribution in [1.29, 1.82) is 5.26 Å². The fourth-order valence-corrected chi connectivity index (χ4v) is 8.67. The van der Waals surface area contributed by atoms with Crippen molar-refractivity contribution in [3.8, 4) is 57.3 Å². The van der Waals surface area contributed by atoms with E-state index in [1.807, 2.05) is 113 Å². The second-order valence-electron chi connectivity index (χ2n) is 15.5. The molecule has 0 radical (unpaired) electrons. The molecule has 6 heterocycles. The summed E-state index contributed by atoms with van der Waals surface area (Å²) in [5.41, 5.74) is 3.73. The van der Waals surface area contributed by atoms with Gasteiger partial charge in [0, 0.05) is 47.7 Å². The molecule has 2 aliphatic rings. The summed E-state index contributed by atoms with van der Waals surface area (Å²) in [5, 5.41) is 13.3. The lowest BCUT2D eigenvalue weighted by atomic mass is 9.99. The van der Waals surface area contributed by atoms with Gasteiger partial charge in [-0.1, -0.05) is 62.4 Å². The van der Waals surface area contributed by atoms with E-state index < -0.39 is 14.5 Å². The Balaban J connectivity index is 1.38. The fourth-order valence-electron chi connectivity index (χ4n) is 8.67. The van der Waals surface area contributed by atoms with E-state index in [1.54, 1.807) is 36.9 Å². The Bertz CT molecular complexity index is 3200. The van der Waals surface area contributed by atoms with Crippen LogP contribution in [-0.4, -0.2) is 74.5 Å². The van der Waals surface area contributed by atoms with E-state index in [4.69, 9.17) is 29.9 Å². The second kappa shape index (κ2) is 18.0. The summed E-state index contributed by atoms with van der Waals surface area (Å²) >= 11 is 0. The minimum Gasteiger partial charge on any atom is -0.503 e. The number of ether oxygens (including phenoxy) is 1. The Labute approximate surface area is 381 Å². The van der Waals surface area contributed by atoms with Gasteiger partial charge in [0.2, 0.25) is 0 Å². The molecule has 0 saturated carbocycles. The van der Waals surface area contributed by atoms with Crippen LogP contribution in [0.2, 0.25) is 0 Å². The Hall–Kier alpha value is -8.33. The molecule has 322 valence electrons. The van der Waals surface area contributed by atoms with Gasteiger partial charge in [-0.15, -0.1) is 0 Å². The van der Waals surface area contributed by atoms with Crippen LogP contribution in [0.4, 0.5) is 0 Å². The van der Waals surface area contributed by atoms with Gasteiger partial charge in [-0.3, -0.25) is 0 Å². The predicted octanol–water partition coefficient (Wildman–Crippen LogP) is 7.18. The summed E-state index contributed by atoms with van der Waals surface area (Å²) in [6.07, 6.45) is 7.26. The molecule has 0 amide bonds. The van der Waals surface area contributed by atoms with E-state index in [2.05, 4.69) is 49.6 Å². The molecule has 0 atom stereocenters. The van der Waals surface area contributed by atoms with E-state index in [1.165, 1.54) is 0 Å². The van der Waals surface area contributed by atoms with Crippen LogP contribution in [-0.2, 0) is 0 Å². The van der Waals surface area contributed by atoms with Crippen molar-refractivity contribution >= 4 is 36.5 Å². The molecule has 10 rings (SSSR count). The lowest BCUT2D eigenvalue weighted by molar-refractivity contribution is 0.249. The third kappa shape index (κ3) is 7.43. The minimum atomic E-state index is -1.15. The smallest absolute Gasteiger partial charge is 0.503 e. The maximum Gasteiger partial charge on any atom is 0.743 e. The largest absolute Gasteiger partial charge is 0.743 e. The minimum absolute atomic E-state index is 0.104. The van der Waals surface area contributed by atoms with Crippen LogP contribution in [0.1, 0.15) is 37.5 Å². The topological polar surface area (TPSA) is 139 Å². The lowest BCUT2D eigenvalue weighted by Crippen LogP contribution is -2.44. The fraction of sp³-hybridized carbons (Fsp3) is 0.160. The first-order chi connectivity index (χ1) is 32.5. The Morgan fingerprint density at radius 1 is 0.682 bits per heavy atom. The van der Waals surface area contributed by atoms with E-state index in [0.29, 0.717) is 73.8 Å². The Kier molecular flexibility index (Phi) is 11.4. The molecular formula is C50H41B2N9O5. The summed E-state index contributed by atoms with van der Waals surface area (Å²) in [4.78, 5) is 25.1. The average molecular weight is 870 g/mol. The molecule has 0 unspecified atom stereocenters. The van der Waals surface area contributed by atoms with Crippen molar-refractivity contribution < 1.29 is 23.4 Å². The highest BCUT2D eigenvalue weighted by Gasteiger charge is 2.45. The SMILES string of the molecule is [C-]#[N+]/C(c1ncccn1)=c1\c2c(-c3ccccc3C)n(B3Oc4ccccc4O3)/c(=C(/C#N)c3ncccn3)c2c(-c2ccc(OCCCN(CC)CC)cc2)n1B1Oc2ccccc2O1. The standard InChI is InChI=1S/C50H41B2N9O5/c1-5-59(6-2)30-15-31-62-35-24-22-34(23-25-35)45-42-43(48(44(54-4)50-57-28-14-29-58-50)60(45)51-63-38-18-9-10-19-39(38)64-51)46(36-17-8-7-16-33(36)3)61(52-65-40-20-11-12-21-41(40)66-52)47(42)37(32-53)49-55-26-13-27-56-49/h7-14,16-29H,5-6,15,30-31H2,1-3H3/b47-37-,48-44+. The van der Waals surface area contributed by atoms with Crippen molar-refractivity contribution in [2.75, 3.05) is 26.2 Å². The van der Waals surface area contributed by atoms with Crippen molar-refractivity contribution in [3.05, 3.63) is 173 Å². The Morgan fingerprint density at radius 2 is 1.20 bits per heavy atom. The summed E-state index contributed by atoms with van der Waals surface area (Å²) in [6, 6.07) is 36.4. The third-order valence-corrected chi connectivity index (χ3v) is 11.8. The quantitative estimate of drug-likeness (QED) is 0.0662. The number of aryl methyl sites for hydroxylation is 1. The first-order valence-electron chi connectivity index (χ1n) is 21.8. The van der Waals surface area contributed by atoms with Crippen LogP contribution in [0.25, 0.3) is 49.4 Å². The van der Waals surface area contributed by atoms with Gasteiger partial charge in [0.1, 0.15) is 40.4 Å². The van der Waals surface area contributed by atoms with Crippen molar-refractivity contribution in [1.82, 2.24) is 33.8 Å². The number of hydrogen-bond donors (Lipinski definition) is 0. The van der Waals surface area contributed by atoms with Crippen LogP contribution >= 0.6 is 0 Å². The highest BCUT2D eigenvalue weighted by molar-refractivity contribution is 6.49. The number of hydrogen-bond acceptors (Lipinski definition) is 11. The van der Waals surface area contributed by atoms with Gasteiger partial charge in [-0.25, -0.2) is 24.8 Å². The first-order valence-corrected chi connectivity index (χ1v) is 21.8. The molecule has 2 aliphatic heterocycles. The van der Waals surface area contributed by atoms with Crippen LogP contribution in [0, 0.1) is 24.8 Å². The molecule has 4 aromatic carbocycles. The van der Waals surface area contributed by atoms with Gasteiger partial charge in [0.25, 0.3) is 5.70 Å². The Morgan fingerprint density at radius 3 is 1.73 bits per heavy atom. The maximum atomic E-state index is 11.5. The summed E-state index contributed by atoms with van der Waals surface area (Å²) in [6.45, 7) is 18.7. The van der Waals surface area contributed by atoms with Crippen LogP contribution < -0.4 is 34.1 Å². The summed E-state index contributed by atoms with van der Waals surface area (Å²) in [7, 11) is -2.29. The predicted molar refractivity (Wildman–Crippen MR) is 252 cm³/mol. The number of aromatic nitrogens is 6. The molecule has 0 bridgehead atoms. The maximum absolute atomic E-state index is 11.5. The number of rotatable bonds is 13. The number of para-hydroxylation sites is 4. The molecular weight excluding hydrogens is 828 g/mol. The second-order valence-corrected chi connectivity index (χ2v) is 15.5. The van der Waals surface area contributed by atoms with E-state index in [0.717, 1.165) is 37.2 Å². The zero-order valence-electron chi connectivity index (χ0n) is 36.5. The van der Waals surface area contributed by atoms with E-state index in [9.17, 15) is 5.26 Å². The van der Waals surface area contributed by atoms with Gasteiger partial charge >= 0.3 is 14.5 Å². The number of fused-ring (bicyclic) bond motifs is 3. The zero-order valence-corrected chi connectivity index (χ0v) is 36.5. The monoisotopic (exact) mass is 869 g/mol. The summed E-state index contributed by atoms with van der Waals surface area (Å²) in [5.74, 6) is 3.10. The highest BCUT2D eigenvalue weighted by atomic mass is 16.6. The van der Waals surface area contributed by atoms with Crippen LogP contribution in [0.15, 0.2) is 134 Å². The highest BCUT2D eigenvalue weighted by Crippen LogP contribution is 2.41. The van der Waals surface area contributed by atoms with Gasteiger partial charge < -0.3 is 37.2 Å².